The molecule has 0 radical (unpaired) electrons. The average Bonchev–Trinajstić information content (AvgIpc) is 2.32. The number of hydrogen-bond acceptors (Lipinski definition) is 2. The highest BCUT2D eigenvalue weighted by Crippen LogP contribution is 2.23. The molecule has 0 unspecified atom stereocenters. The van der Waals surface area contributed by atoms with E-state index in [0.29, 0.717) is 17.0 Å². The lowest BCUT2D eigenvalue weighted by atomic mass is 10.0. The number of phenolic OH excluding ortho intramolecular Hbond substituents is 1. The topological polar surface area (TPSA) is 37.3 Å². The Hall–Kier alpha value is -1.02. The second-order valence-corrected chi connectivity index (χ2v) is 4.69. The monoisotopic (exact) mass is 254 g/mol. The lowest BCUT2D eigenvalue weighted by Crippen LogP contribution is -1.99. The molecule has 0 saturated carbocycles. The third kappa shape index (κ3) is 4.78. The van der Waals surface area contributed by atoms with Gasteiger partial charge >= 0.3 is 0 Å². The molecule has 0 aliphatic rings. The van der Waals surface area contributed by atoms with Crippen LogP contribution in [0.3, 0.4) is 0 Å². The summed E-state index contributed by atoms with van der Waals surface area (Å²) in [5.74, 6) is -0.00513. The van der Waals surface area contributed by atoms with Crippen LogP contribution >= 0.6 is 11.6 Å². The van der Waals surface area contributed by atoms with Gasteiger partial charge in [0.05, 0.1) is 5.56 Å². The highest BCUT2D eigenvalue weighted by Gasteiger charge is 2.11. The Balaban J connectivity index is 2.44. The van der Waals surface area contributed by atoms with E-state index >= 15 is 0 Å². The maximum atomic E-state index is 11.8. The van der Waals surface area contributed by atoms with Crippen molar-refractivity contribution >= 4 is 17.4 Å². The molecule has 2 nitrogen and oxygen atoms in total. The maximum Gasteiger partial charge on any atom is 0.166 e. The average molecular weight is 255 g/mol. The first-order chi connectivity index (χ1) is 8.15. The van der Waals surface area contributed by atoms with Gasteiger partial charge in [0.2, 0.25) is 0 Å². The Kier molecular flexibility index (Phi) is 6.06. The number of phenols is 1. The van der Waals surface area contributed by atoms with Gasteiger partial charge in [-0.1, -0.05) is 44.2 Å². The minimum absolute atomic E-state index is 0.0213. The van der Waals surface area contributed by atoms with Crippen molar-refractivity contribution in [2.75, 3.05) is 0 Å². The lowest BCUT2D eigenvalue weighted by molar-refractivity contribution is 0.0976. The van der Waals surface area contributed by atoms with Crippen LogP contribution in [0.25, 0.3) is 0 Å². The summed E-state index contributed by atoms with van der Waals surface area (Å²) in [6, 6.07) is 4.58. The molecule has 0 fully saturated rings. The molecule has 3 heteroatoms. The van der Waals surface area contributed by atoms with Gasteiger partial charge in [-0.15, -0.1) is 0 Å². The van der Waals surface area contributed by atoms with E-state index in [4.69, 9.17) is 11.6 Å². The van der Waals surface area contributed by atoms with Gasteiger partial charge in [-0.25, -0.2) is 0 Å². The van der Waals surface area contributed by atoms with Crippen LogP contribution in [-0.2, 0) is 0 Å². The van der Waals surface area contributed by atoms with Crippen molar-refractivity contribution in [2.24, 2.45) is 0 Å². The minimum atomic E-state index is -0.0264. The normalized spacial score (nSPS) is 10.5. The molecule has 0 bridgehead atoms. The molecule has 0 atom stereocenters. The van der Waals surface area contributed by atoms with Gasteiger partial charge < -0.3 is 5.11 Å². The summed E-state index contributed by atoms with van der Waals surface area (Å²) < 4.78 is 0. The molecule has 1 aromatic rings. The summed E-state index contributed by atoms with van der Waals surface area (Å²) in [6.07, 6.45) is 6.02. The summed E-state index contributed by atoms with van der Waals surface area (Å²) in [5, 5.41) is 10.1. The summed E-state index contributed by atoms with van der Waals surface area (Å²) in [5.41, 5.74) is 0.341. The fourth-order valence-electron chi connectivity index (χ4n) is 1.76. The van der Waals surface area contributed by atoms with Crippen LogP contribution < -0.4 is 0 Å². The van der Waals surface area contributed by atoms with Gasteiger partial charge in [0, 0.05) is 11.4 Å². The van der Waals surface area contributed by atoms with E-state index in [9.17, 15) is 9.90 Å². The Morgan fingerprint density at radius 3 is 2.65 bits per heavy atom. The molecule has 0 aliphatic carbocycles. The molecule has 0 aromatic heterocycles. The fourth-order valence-corrected chi connectivity index (χ4v) is 1.93. The van der Waals surface area contributed by atoms with Crippen molar-refractivity contribution in [3.05, 3.63) is 28.8 Å². The zero-order chi connectivity index (χ0) is 12.7. The van der Waals surface area contributed by atoms with Crippen LogP contribution in [0.5, 0.6) is 5.75 Å². The highest BCUT2D eigenvalue weighted by molar-refractivity contribution is 6.31. The molecule has 1 rings (SSSR count). The van der Waals surface area contributed by atoms with Crippen LogP contribution in [0.4, 0.5) is 0 Å². The number of rotatable bonds is 7. The van der Waals surface area contributed by atoms with Gasteiger partial charge in [0.1, 0.15) is 5.75 Å². The lowest BCUT2D eigenvalue weighted by Gasteiger charge is -2.04. The number of unbranched alkanes of at least 4 members (excludes halogenated alkanes) is 4. The first-order valence-corrected chi connectivity index (χ1v) is 6.54. The van der Waals surface area contributed by atoms with Crippen LogP contribution in [-0.4, -0.2) is 10.9 Å². The number of benzene rings is 1. The summed E-state index contributed by atoms with van der Waals surface area (Å²) >= 11 is 5.80. The molecule has 0 aliphatic heterocycles. The molecular weight excluding hydrogens is 236 g/mol. The summed E-state index contributed by atoms with van der Waals surface area (Å²) in [4.78, 5) is 11.8. The second kappa shape index (κ2) is 7.33. The number of halogens is 1. The van der Waals surface area contributed by atoms with E-state index in [1.165, 1.54) is 31.4 Å². The third-order valence-electron chi connectivity index (χ3n) is 2.77. The van der Waals surface area contributed by atoms with Gasteiger partial charge in [-0.2, -0.15) is 0 Å². The fraction of sp³-hybridized carbons (Fsp3) is 0.500. The number of Topliss-reactive ketones (excluding diaryl/α,β-unsaturated/α-hetero) is 1. The standard InChI is InChI=1S/C14H19ClO2/c1-2-3-4-5-6-7-13(16)12-10-11(15)8-9-14(12)17/h8-10,17H,2-7H2,1H3. The Morgan fingerprint density at radius 1 is 1.24 bits per heavy atom. The van der Waals surface area contributed by atoms with E-state index in [-0.39, 0.29) is 11.5 Å². The van der Waals surface area contributed by atoms with Crippen LogP contribution in [0.2, 0.25) is 5.02 Å². The number of carbonyl (C=O) groups excluding carboxylic acids is 1. The molecule has 0 heterocycles. The first kappa shape index (κ1) is 14.0. The van der Waals surface area contributed by atoms with Crippen molar-refractivity contribution in [1.29, 1.82) is 0 Å². The predicted molar refractivity (Wildman–Crippen MR) is 70.8 cm³/mol. The van der Waals surface area contributed by atoms with Gasteiger partial charge in [0.15, 0.2) is 5.78 Å². The van der Waals surface area contributed by atoms with Crippen molar-refractivity contribution in [3.63, 3.8) is 0 Å². The summed E-state index contributed by atoms with van der Waals surface area (Å²) in [7, 11) is 0. The number of carbonyl (C=O) groups is 1. The van der Waals surface area contributed by atoms with E-state index < -0.39 is 0 Å². The predicted octanol–water partition coefficient (Wildman–Crippen LogP) is 4.59. The highest BCUT2D eigenvalue weighted by atomic mass is 35.5. The van der Waals surface area contributed by atoms with Crippen LogP contribution in [0.15, 0.2) is 18.2 Å². The zero-order valence-corrected chi connectivity index (χ0v) is 11.0. The molecule has 0 amide bonds. The number of aromatic hydroxyl groups is 1. The van der Waals surface area contributed by atoms with Crippen molar-refractivity contribution in [2.45, 2.75) is 45.4 Å². The number of hydrogen-bond donors (Lipinski definition) is 1. The van der Waals surface area contributed by atoms with E-state index in [0.717, 1.165) is 12.8 Å². The van der Waals surface area contributed by atoms with Crippen molar-refractivity contribution < 1.29 is 9.90 Å². The molecule has 1 aromatic carbocycles. The molecule has 1 N–H and O–H groups in total. The second-order valence-electron chi connectivity index (χ2n) is 4.25. The van der Waals surface area contributed by atoms with E-state index in [1.807, 2.05) is 0 Å². The smallest absolute Gasteiger partial charge is 0.166 e. The zero-order valence-electron chi connectivity index (χ0n) is 10.2. The van der Waals surface area contributed by atoms with Gasteiger partial charge in [0.25, 0.3) is 0 Å². The first-order valence-electron chi connectivity index (χ1n) is 6.17. The third-order valence-corrected chi connectivity index (χ3v) is 3.00. The largest absolute Gasteiger partial charge is 0.507 e. The van der Waals surface area contributed by atoms with E-state index in [2.05, 4.69) is 6.92 Å². The Morgan fingerprint density at radius 2 is 1.94 bits per heavy atom. The maximum absolute atomic E-state index is 11.8. The van der Waals surface area contributed by atoms with Crippen LogP contribution in [0, 0.1) is 0 Å². The molecule has 0 spiro atoms. The molecular formula is C14H19ClO2. The van der Waals surface area contributed by atoms with Crippen LogP contribution in [0.1, 0.15) is 55.8 Å². The van der Waals surface area contributed by atoms with Crippen molar-refractivity contribution in [1.82, 2.24) is 0 Å². The van der Waals surface area contributed by atoms with Gasteiger partial charge in [-0.3, -0.25) is 4.79 Å². The molecule has 94 valence electrons. The molecule has 0 saturated heterocycles. The number of ketones is 1. The Bertz CT molecular complexity index is 374. The van der Waals surface area contributed by atoms with Gasteiger partial charge in [-0.05, 0) is 24.6 Å². The van der Waals surface area contributed by atoms with Crippen molar-refractivity contribution in [3.8, 4) is 5.75 Å². The quantitative estimate of drug-likeness (QED) is 0.571. The molecule has 17 heavy (non-hydrogen) atoms. The van der Waals surface area contributed by atoms with E-state index in [1.54, 1.807) is 6.07 Å². The minimum Gasteiger partial charge on any atom is -0.507 e. The Labute approximate surface area is 108 Å². The summed E-state index contributed by atoms with van der Waals surface area (Å²) in [6.45, 7) is 2.16. The SMILES string of the molecule is CCCCCCCC(=O)c1cc(Cl)ccc1O.